The zero-order chi connectivity index (χ0) is 24.4. The Balaban J connectivity index is 0.000000343. The van der Waals surface area contributed by atoms with E-state index in [4.69, 9.17) is 0 Å². The summed E-state index contributed by atoms with van der Waals surface area (Å²) in [4.78, 5) is 0. The van der Waals surface area contributed by atoms with Gasteiger partial charge in [-0.1, -0.05) is 65.8 Å². The fourth-order valence-electron chi connectivity index (χ4n) is 2.50. The van der Waals surface area contributed by atoms with Gasteiger partial charge in [-0.15, -0.1) is 0 Å². The van der Waals surface area contributed by atoms with Crippen LogP contribution in [-0.4, -0.2) is 19.0 Å². The number of hydrogen-bond acceptors (Lipinski definition) is 4. The van der Waals surface area contributed by atoms with E-state index >= 15 is 0 Å². The third kappa shape index (κ3) is 7.45. The van der Waals surface area contributed by atoms with E-state index in [2.05, 4.69) is 25.0 Å². The molecule has 0 spiro atoms. The Kier molecular flexibility index (Phi) is 7.87. The Bertz CT molecular complexity index is 1010. The van der Waals surface area contributed by atoms with Gasteiger partial charge in [0.1, 0.15) is 11.5 Å². The maximum absolute atomic E-state index is 12.2. The van der Waals surface area contributed by atoms with E-state index in [-0.39, 0.29) is 16.6 Å². The minimum Gasteiger partial charge on any atom is -0.508 e. The molecule has 0 aliphatic rings. The van der Waals surface area contributed by atoms with E-state index in [1.807, 2.05) is 39.8 Å². The average Bonchev–Trinajstić information content (AvgIpc) is 2.56. The lowest BCUT2D eigenvalue weighted by Crippen LogP contribution is -2.28. The smallest absolute Gasteiger partial charge is 0.508 e. The number of benzene rings is 2. The number of alkyl halides is 3. The second kappa shape index (κ2) is 9.10. The summed E-state index contributed by atoms with van der Waals surface area (Å²) in [6.07, 6.45) is 0. The second-order valence-electron chi connectivity index (χ2n) is 9.46. The molecule has 0 aromatic heterocycles. The number of aromatic hydroxyl groups is 1. The van der Waals surface area contributed by atoms with Gasteiger partial charge in [0.25, 0.3) is 0 Å². The average molecular weight is 461 g/mol. The van der Waals surface area contributed by atoms with Crippen molar-refractivity contribution >= 4 is 10.1 Å². The van der Waals surface area contributed by atoms with Crippen molar-refractivity contribution < 1.29 is 30.9 Å². The van der Waals surface area contributed by atoms with Crippen LogP contribution in [0.1, 0.15) is 63.8 Å². The first-order valence-corrected chi connectivity index (χ1v) is 11.1. The van der Waals surface area contributed by atoms with Gasteiger partial charge in [0, 0.05) is 0 Å². The third-order valence-electron chi connectivity index (χ3n) is 4.59. The summed E-state index contributed by atoms with van der Waals surface area (Å²) >= 11 is 0. The van der Waals surface area contributed by atoms with E-state index in [0.717, 1.165) is 11.1 Å². The Hall–Kier alpha value is -2.22. The molecule has 31 heavy (non-hydrogen) atoms. The van der Waals surface area contributed by atoms with Crippen LogP contribution in [0.15, 0.2) is 36.4 Å². The summed E-state index contributed by atoms with van der Waals surface area (Å²) in [7, 11) is -5.62. The van der Waals surface area contributed by atoms with Crippen LogP contribution >= 0.6 is 0 Å². The van der Waals surface area contributed by atoms with Crippen molar-refractivity contribution in [1.82, 2.24) is 0 Å². The van der Waals surface area contributed by atoms with Crippen LogP contribution in [-0.2, 0) is 20.9 Å². The standard InChI is InChI=1S/C12H15F3O3S.C11H16O/c1-8-7-9(11(2,3)4)5-6-10(8)18-19(16,17)12(13,14)15;1-8-7-9(11(2,3)4)5-6-10(8)12/h5-7H,1-4H3;5-7,12H,1-4H3. The Labute approximate surface area is 183 Å². The first-order valence-electron chi connectivity index (χ1n) is 9.67. The van der Waals surface area contributed by atoms with Gasteiger partial charge in [-0.25, -0.2) is 0 Å². The number of rotatable bonds is 2. The van der Waals surface area contributed by atoms with Crippen molar-refractivity contribution in [1.29, 1.82) is 0 Å². The van der Waals surface area contributed by atoms with E-state index in [9.17, 15) is 26.7 Å². The number of halogens is 3. The molecule has 0 fully saturated rings. The normalized spacial score (nSPS) is 12.7. The van der Waals surface area contributed by atoms with E-state index in [1.165, 1.54) is 18.6 Å². The summed E-state index contributed by atoms with van der Waals surface area (Å²) in [5.74, 6) is 0.0633. The van der Waals surface area contributed by atoms with Gasteiger partial charge in [0.2, 0.25) is 0 Å². The molecule has 1 N–H and O–H groups in total. The lowest BCUT2D eigenvalue weighted by molar-refractivity contribution is -0.0500. The van der Waals surface area contributed by atoms with Crippen LogP contribution in [0, 0.1) is 13.8 Å². The summed E-state index contributed by atoms with van der Waals surface area (Å²) in [5.41, 5.74) is -2.03. The molecule has 174 valence electrons. The molecular weight excluding hydrogens is 429 g/mol. The molecule has 0 unspecified atom stereocenters. The number of aryl methyl sites for hydroxylation is 2. The quantitative estimate of drug-likeness (QED) is 0.409. The molecule has 0 bridgehead atoms. The van der Waals surface area contributed by atoms with Crippen molar-refractivity contribution in [2.45, 2.75) is 71.7 Å². The number of phenols is 1. The minimum absolute atomic E-state index is 0.165. The molecule has 2 aromatic carbocycles. The highest BCUT2D eigenvalue weighted by Crippen LogP contribution is 2.31. The lowest BCUT2D eigenvalue weighted by atomic mass is 9.86. The van der Waals surface area contributed by atoms with Gasteiger partial charge in [-0.2, -0.15) is 21.6 Å². The maximum Gasteiger partial charge on any atom is 0.534 e. The molecule has 0 aliphatic heterocycles. The Morgan fingerprint density at radius 2 is 1.19 bits per heavy atom. The molecule has 2 rings (SSSR count). The molecule has 0 aliphatic carbocycles. The van der Waals surface area contributed by atoms with Crippen LogP contribution in [0.4, 0.5) is 13.2 Å². The summed E-state index contributed by atoms with van der Waals surface area (Å²) in [5, 5.41) is 9.31. The molecule has 0 radical (unpaired) electrons. The third-order valence-corrected chi connectivity index (χ3v) is 5.55. The maximum atomic E-state index is 12.2. The predicted octanol–water partition coefficient (Wildman–Crippen LogP) is 6.52. The van der Waals surface area contributed by atoms with Gasteiger partial charge in [0.15, 0.2) is 0 Å². The van der Waals surface area contributed by atoms with E-state index in [0.29, 0.717) is 11.3 Å². The van der Waals surface area contributed by atoms with Crippen molar-refractivity contribution in [2.24, 2.45) is 0 Å². The van der Waals surface area contributed by atoms with Gasteiger partial charge in [-0.05, 0) is 59.1 Å². The number of hydrogen-bond donors (Lipinski definition) is 1. The fraction of sp³-hybridized carbons (Fsp3) is 0.478. The first-order chi connectivity index (χ1) is 13.8. The molecule has 0 atom stereocenters. The highest BCUT2D eigenvalue weighted by Gasteiger charge is 2.48. The zero-order valence-corrected chi connectivity index (χ0v) is 20.0. The highest BCUT2D eigenvalue weighted by molar-refractivity contribution is 7.88. The monoisotopic (exact) mass is 460 g/mol. The fourth-order valence-corrected chi connectivity index (χ4v) is 3.01. The van der Waals surface area contributed by atoms with E-state index < -0.39 is 15.6 Å². The number of phenolic OH excluding ortho intramolecular Hbond substituents is 1. The molecule has 0 saturated heterocycles. The molecule has 2 aromatic rings. The Morgan fingerprint density at radius 1 is 0.774 bits per heavy atom. The van der Waals surface area contributed by atoms with Gasteiger partial charge in [-0.3, -0.25) is 0 Å². The van der Waals surface area contributed by atoms with Crippen LogP contribution < -0.4 is 4.18 Å². The van der Waals surface area contributed by atoms with Gasteiger partial charge < -0.3 is 9.29 Å². The van der Waals surface area contributed by atoms with Crippen LogP contribution in [0.2, 0.25) is 0 Å². The SMILES string of the molecule is Cc1cc(C(C)(C)C)ccc1O.Cc1cc(C(C)(C)C)ccc1OS(=O)(=O)C(F)(F)F. The van der Waals surface area contributed by atoms with Crippen molar-refractivity contribution in [3.63, 3.8) is 0 Å². The zero-order valence-electron chi connectivity index (χ0n) is 19.2. The molecule has 0 heterocycles. The lowest BCUT2D eigenvalue weighted by Gasteiger charge is -2.20. The molecule has 0 amide bonds. The van der Waals surface area contributed by atoms with Crippen molar-refractivity contribution in [2.75, 3.05) is 0 Å². The first kappa shape index (κ1) is 26.8. The molecule has 8 heteroatoms. The summed E-state index contributed by atoms with van der Waals surface area (Å²) in [6, 6.07) is 10.2. The Morgan fingerprint density at radius 3 is 1.55 bits per heavy atom. The molecule has 0 saturated carbocycles. The summed E-state index contributed by atoms with van der Waals surface area (Å²) < 4.78 is 62.5. The van der Waals surface area contributed by atoms with Crippen LogP contribution in [0.3, 0.4) is 0 Å². The van der Waals surface area contributed by atoms with Gasteiger partial charge >= 0.3 is 15.6 Å². The second-order valence-corrected chi connectivity index (χ2v) is 11.0. The predicted molar refractivity (Wildman–Crippen MR) is 117 cm³/mol. The van der Waals surface area contributed by atoms with E-state index in [1.54, 1.807) is 18.2 Å². The molecular formula is C23H31F3O4S. The summed E-state index contributed by atoms with van der Waals surface area (Å²) in [6.45, 7) is 15.7. The highest BCUT2D eigenvalue weighted by atomic mass is 32.2. The minimum atomic E-state index is -5.62. The topological polar surface area (TPSA) is 63.6 Å². The van der Waals surface area contributed by atoms with Crippen LogP contribution in [0.5, 0.6) is 11.5 Å². The molecule has 4 nitrogen and oxygen atoms in total. The van der Waals surface area contributed by atoms with Crippen molar-refractivity contribution in [3.05, 3.63) is 58.7 Å². The van der Waals surface area contributed by atoms with Crippen molar-refractivity contribution in [3.8, 4) is 11.5 Å². The largest absolute Gasteiger partial charge is 0.534 e. The van der Waals surface area contributed by atoms with Crippen LogP contribution in [0.25, 0.3) is 0 Å². The van der Waals surface area contributed by atoms with Gasteiger partial charge in [0.05, 0.1) is 0 Å².